The van der Waals surface area contributed by atoms with Gasteiger partial charge in [-0.3, -0.25) is 14.9 Å². The zero-order valence-electron chi connectivity index (χ0n) is 19.0. The van der Waals surface area contributed by atoms with Crippen molar-refractivity contribution in [2.24, 2.45) is 5.92 Å². The topological polar surface area (TPSA) is 86.8 Å². The number of benzene rings is 2. The maximum atomic E-state index is 13.2. The number of thiazole rings is 1. The summed E-state index contributed by atoms with van der Waals surface area (Å²) < 4.78 is 30.5. The number of carbonyl (C=O) groups excluding carboxylic acids is 2. The van der Waals surface area contributed by atoms with Crippen LogP contribution in [0.3, 0.4) is 0 Å². The molecule has 0 saturated heterocycles. The number of carbonyl (C=O) groups is 2. The molecule has 7 nitrogen and oxygen atoms in total. The Morgan fingerprint density at radius 1 is 1.12 bits per heavy atom. The highest BCUT2D eigenvalue weighted by Gasteiger charge is 2.14. The van der Waals surface area contributed by atoms with Gasteiger partial charge in [0.15, 0.2) is 5.13 Å². The zero-order valence-corrected chi connectivity index (χ0v) is 20.6. The lowest BCUT2D eigenvalue weighted by molar-refractivity contribution is -0.139. The minimum absolute atomic E-state index is 0.169. The fourth-order valence-electron chi connectivity index (χ4n) is 2.63. The molecule has 1 heterocycles. The van der Waals surface area contributed by atoms with Crippen LogP contribution in [0.25, 0.3) is 0 Å². The minimum Gasteiger partial charge on any atom is -0.493 e. The molecule has 0 radical (unpaired) electrons. The van der Waals surface area contributed by atoms with Crippen LogP contribution >= 0.6 is 23.1 Å². The molecule has 1 aromatic heterocycles. The summed E-state index contributed by atoms with van der Waals surface area (Å²) >= 11 is 2.55. The summed E-state index contributed by atoms with van der Waals surface area (Å²) in [5, 5.41) is 3.15. The SMILES string of the molecule is CCOC(=O)CSc1cnc(NC(=O)c2cc(OCC(C)C)cc(Oc3ccc(F)cc3)c2)s1. The summed E-state index contributed by atoms with van der Waals surface area (Å²) in [6.07, 6.45) is 1.59. The Labute approximate surface area is 205 Å². The molecule has 0 spiro atoms. The lowest BCUT2D eigenvalue weighted by Gasteiger charge is -2.13. The first-order valence-corrected chi connectivity index (χ1v) is 12.4. The maximum absolute atomic E-state index is 13.2. The van der Waals surface area contributed by atoms with Crippen LogP contribution in [0, 0.1) is 11.7 Å². The van der Waals surface area contributed by atoms with E-state index in [1.54, 1.807) is 31.3 Å². The van der Waals surface area contributed by atoms with Gasteiger partial charge in [0.2, 0.25) is 0 Å². The van der Waals surface area contributed by atoms with Crippen molar-refractivity contribution in [2.45, 2.75) is 25.0 Å². The number of nitrogens with one attached hydrogen (secondary N) is 1. The van der Waals surface area contributed by atoms with Crippen LogP contribution < -0.4 is 14.8 Å². The van der Waals surface area contributed by atoms with Gasteiger partial charge in [-0.05, 0) is 49.2 Å². The predicted octanol–water partition coefficient (Wildman–Crippen LogP) is 6.02. The number of ether oxygens (including phenoxy) is 3. The van der Waals surface area contributed by atoms with Crippen molar-refractivity contribution in [1.82, 2.24) is 4.98 Å². The minimum atomic E-state index is -0.393. The molecule has 0 saturated carbocycles. The van der Waals surface area contributed by atoms with Crippen molar-refractivity contribution in [1.29, 1.82) is 0 Å². The first-order chi connectivity index (χ1) is 16.3. The van der Waals surface area contributed by atoms with Gasteiger partial charge in [0, 0.05) is 11.6 Å². The lowest BCUT2D eigenvalue weighted by Crippen LogP contribution is -2.12. The van der Waals surface area contributed by atoms with E-state index in [0.29, 0.717) is 47.1 Å². The van der Waals surface area contributed by atoms with E-state index in [0.717, 1.165) is 4.21 Å². The summed E-state index contributed by atoms with van der Waals surface area (Å²) in [6.45, 7) is 6.59. The molecule has 0 aliphatic heterocycles. The second kappa shape index (κ2) is 12.4. The van der Waals surface area contributed by atoms with Crippen molar-refractivity contribution in [3.8, 4) is 17.2 Å². The predicted molar refractivity (Wildman–Crippen MR) is 131 cm³/mol. The first kappa shape index (κ1) is 25.5. The van der Waals surface area contributed by atoms with Crippen molar-refractivity contribution in [3.05, 3.63) is 60.0 Å². The molecular weight excluding hydrogens is 479 g/mol. The van der Waals surface area contributed by atoms with E-state index in [9.17, 15) is 14.0 Å². The van der Waals surface area contributed by atoms with Crippen LogP contribution in [-0.2, 0) is 9.53 Å². The van der Waals surface area contributed by atoms with Gasteiger partial charge in [-0.2, -0.15) is 0 Å². The summed E-state index contributed by atoms with van der Waals surface area (Å²) in [4.78, 5) is 28.7. The molecule has 3 aromatic rings. The Balaban J connectivity index is 1.73. The number of amides is 1. The number of halogens is 1. The smallest absolute Gasteiger partial charge is 0.316 e. The Morgan fingerprint density at radius 3 is 2.56 bits per heavy atom. The number of nitrogens with zero attached hydrogens (tertiary/aromatic N) is 1. The quantitative estimate of drug-likeness (QED) is 0.252. The highest BCUT2D eigenvalue weighted by atomic mass is 32.2. The van der Waals surface area contributed by atoms with Crippen LogP contribution in [-0.4, -0.2) is 35.8 Å². The van der Waals surface area contributed by atoms with Gasteiger partial charge in [0.25, 0.3) is 5.91 Å². The van der Waals surface area contributed by atoms with E-state index in [2.05, 4.69) is 10.3 Å². The number of anilines is 1. The largest absolute Gasteiger partial charge is 0.493 e. The number of aromatic nitrogens is 1. The standard InChI is InChI=1S/C24H25FN2O5S2/c1-4-30-21(28)14-33-22-12-26-24(34-22)27-23(29)16-9-19(31-13-15(2)3)11-20(10-16)32-18-7-5-17(25)6-8-18/h5-12,15H,4,13-14H2,1-3H3,(H,26,27,29). The average Bonchev–Trinajstić information content (AvgIpc) is 3.25. The molecule has 2 aromatic carbocycles. The zero-order chi connectivity index (χ0) is 24.5. The summed E-state index contributed by atoms with van der Waals surface area (Å²) in [6, 6.07) is 10.5. The Hall–Kier alpha value is -3.11. The molecule has 0 aliphatic rings. The van der Waals surface area contributed by atoms with Crippen molar-refractivity contribution >= 4 is 40.1 Å². The van der Waals surface area contributed by atoms with E-state index >= 15 is 0 Å². The molecule has 0 bridgehead atoms. The van der Waals surface area contributed by atoms with Crippen molar-refractivity contribution < 1.29 is 28.2 Å². The second-order valence-corrected chi connectivity index (χ2v) is 9.79. The summed E-state index contributed by atoms with van der Waals surface area (Å²) in [5.74, 6) is 0.670. The third-order valence-corrected chi connectivity index (χ3v) is 6.20. The molecule has 10 heteroatoms. The highest BCUT2D eigenvalue weighted by Crippen LogP contribution is 2.31. The van der Waals surface area contributed by atoms with E-state index in [1.807, 2.05) is 13.8 Å². The molecule has 0 aliphatic carbocycles. The molecular formula is C24H25FN2O5S2. The van der Waals surface area contributed by atoms with Gasteiger partial charge >= 0.3 is 5.97 Å². The third-order valence-electron chi connectivity index (χ3n) is 4.12. The van der Waals surface area contributed by atoms with E-state index < -0.39 is 5.91 Å². The van der Waals surface area contributed by atoms with Gasteiger partial charge in [0.05, 0.1) is 29.4 Å². The van der Waals surface area contributed by atoms with Crippen molar-refractivity contribution in [3.63, 3.8) is 0 Å². The third kappa shape index (κ3) is 8.03. The first-order valence-electron chi connectivity index (χ1n) is 10.6. The summed E-state index contributed by atoms with van der Waals surface area (Å²) in [7, 11) is 0. The molecule has 180 valence electrons. The van der Waals surface area contributed by atoms with Crippen LogP contribution in [0.5, 0.6) is 17.2 Å². The van der Waals surface area contributed by atoms with Gasteiger partial charge in [-0.1, -0.05) is 25.2 Å². The normalized spacial score (nSPS) is 10.7. The molecule has 0 unspecified atom stereocenters. The van der Waals surface area contributed by atoms with E-state index in [4.69, 9.17) is 14.2 Å². The van der Waals surface area contributed by atoms with Crippen LogP contribution in [0.1, 0.15) is 31.1 Å². The molecule has 34 heavy (non-hydrogen) atoms. The van der Waals surface area contributed by atoms with Crippen LogP contribution in [0.2, 0.25) is 0 Å². The number of hydrogen-bond acceptors (Lipinski definition) is 8. The molecule has 1 amide bonds. The fourth-order valence-corrected chi connectivity index (χ4v) is 4.30. The molecule has 1 N–H and O–H groups in total. The number of thioether (sulfide) groups is 1. The Bertz CT molecular complexity index is 1120. The molecule has 0 atom stereocenters. The van der Waals surface area contributed by atoms with Crippen molar-refractivity contribution in [2.75, 3.05) is 24.3 Å². The second-order valence-electron chi connectivity index (χ2n) is 7.49. The van der Waals surface area contributed by atoms with Gasteiger partial charge in [-0.15, -0.1) is 11.8 Å². The van der Waals surface area contributed by atoms with Crippen LogP contribution in [0.4, 0.5) is 9.52 Å². The molecule has 0 fully saturated rings. The number of esters is 1. The van der Waals surface area contributed by atoms with E-state index in [1.165, 1.54) is 47.4 Å². The highest BCUT2D eigenvalue weighted by molar-refractivity contribution is 8.01. The van der Waals surface area contributed by atoms with Gasteiger partial charge < -0.3 is 14.2 Å². The number of rotatable bonds is 11. The number of hydrogen-bond donors (Lipinski definition) is 1. The average molecular weight is 505 g/mol. The van der Waals surface area contributed by atoms with E-state index in [-0.39, 0.29) is 17.5 Å². The maximum Gasteiger partial charge on any atom is 0.316 e. The lowest BCUT2D eigenvalue weighted by atomic mass is 10.2. The van der Waals surface area contributed by atoms with Gasteiger partial charge in [0.1, 0.15) is 23.1 Å². The van der Waals surface area contributed by atoms with Gasteiger partial charge in [-0.25, -0.2) is 9.37 Å². The fraction of sp³-hybridized carbons (Fsp3) is 0.292. The Morgan fingerprint density at radius 2 is 1.85 bits per heavy atom. The Kier molecular flexibility index (Phi) is 9.29. The molecule has 3 rings (SSSR count). The summed E-state index contributed by atoms with van der Waals surface area (Å²) in [5.41, 5.74) is 0.314. The van der Waals surface area contributed by atoms with Crippen LogP contribution in [0.15, 0.2) is 52.9 Å². The monoisotopic (exact) mass is 504 g/mol.